The van der Waals surface area contributed by atoms with Crippen molar-refractivity contribution in [3.63, 3.8) is 0 Å². The van der Waals surface area contributed by atoms with Crippen LogP contribution in [0.4, 0.5) is 0 Å². The lowest BCUT2D eigenvalue weighted by Gasteiger charge is -2.18. The van der Waals surface area contributed by atoms with E-state index in [1.54, 1.807) is 36.4 Å². The number of benzene rings is 2. The summed E-state index contributed by atoms with van der Waals surface area (Å²) in [5, 5.41) is 3.47. The van der Waals surface area contributed by atoms with Gasteiger partial charge in [0.05, 0.1) is 4.90 Å². The molecule has 0 radical (unpaired) electrons. The van der Waals surface area contributed by atoms with Crippen LogP contribution in [0.1, 0.15) is 42.6 Å². The summed E-state index contributed by atoms with van der Waals surface area (Å²) in [6, 6.07) is 13.2. The molecule has 2 rings (SSSR count). The van der Waals surface area contributed by atoms with Gasteiger partial charge in [-0.3, -0.25) is 4.79 Å². The topological polar surface area (TPSA) is 66.5 Å². The molecule has 0 aliphatic heterocycles. The Morgan fingerprint density at radius 3 is 2.11 bits per heavy atom. The van der Waals surface area contributed by atoms with Crippen LogP contribution in [0.5, 0.6) is 0 Å². The van der Waals surface area contributed by atoms with E-state index < -0.39 is 10.0 Å². The van der Waals surface area contributed by atoms with Crippen LogP contribution in [0, 0.1) is 0 Å². The van der Waals surface area contributed by atoms with Crippen LogP contribution in [-0.2, 0) is 16.6 Å². The summed E-state index contributed by atoms with van der Waals surface area (Å²) in [4.78, 5) is 12.4. The standard InChI is InChI=1S/C20H25ClN2O3S/c1-4-18(5-2)22-20(24)16-8-6-15(7-9-16)14-23(3)27(25,26)19-12-10-17(21)11-13-19/h6-13,18H,4-5,14H2,1-3H3,(H,22,24). The number of carbonyl (C=O) groups is 1. The highest BCUT2D eigenvalue weighted by Crippen LogP contribution is 2.19. The van der Waals surface area contributed by atoms with Gasteiger partial charge in [-0.1, -0.05) is 37.6 Å². The maximum Gasteiger partial charge on any atom is 0.251 e. The van der Waals surface area contributed by atoms with Gasteiger partial charge >= 0.3 is 0 Å². The average Bonchev–Trinajstić information content (AvgIpc) is 2.66. The zero-order valence-corrected chi connectivity index (χ0v) is 17.3. The fourth-order valence-electron chi connectivity index (χ4n) is 2.65. The first kappa shape index (κ1) is 21.4. The lowest BCUT2D eigenvalue weighted by atomic mass is 10.1. The smallest absolute Gasteiger partial charge is 0.251 e. The highest BCUT2D eigenvalue weighted by Gasteiger charge is 2.21. The Morgan fingerprint density at radius 1 is 1.04 bits per heavy atom. The summed E-state index contributed by atoms with van der Waals surface area (Å²) in [6.07, 6.45) is 1.77. The highest BCUT2D eigenvalue weighted by molar-refractivity contribution is 7.89. The van der Waals surface area contributed by atoms with E-state index in [-0.39, 0.29) is 23.4 Å². The maximum atomic E-state index is 12.6. The van der Waals surface area contributed by atoms with Crippen molar-refractivity contribution in [3.05, 3.63) is 64.7 Å². The predicted octanol–water partition coefficient (Wildman–Crippen LogP) is 4.08. The van der Waals surface area contributed by atoms with Crippen molar-refractivity contribution in [2.75, 3.05) is 7.05 Å². The van der Waals surface area contributed by atoms with Gasteiger partial charge in [-0.25, -0.2) is 8.42 Å². The van der Waals surface area contributed by atoms with Crippen LogP contribution in [0.15, 0.2) is 53.4 Å². The van der Waals surface area contributed by atoms with Gasteiger partial charge in [0, 0.05) is 30.2 Å². The van der Waals surface area contributed by atoms with Crippen molar-refractivity contribution in [1.82, 2.24) is 9.62 Å². The van der Waals surface area contributed by atoms with Gasteiger partial charge in [0.2, 0.25) is 10.0 Å². The Labute approximate surface area is 166 Å². The highest BCUT2D eigenvalue weighted by atomic mass is 35.5. The molecule has 27 heavy (non-hydrogen) atoms. The molecule has 0 heterocycles. The van der Waals surface area contributed by atoms with Gasteiger partial charge < -0.3 is 5.32 Å². The van der Waals surface area contributed by atoms with E-state index in [2.05, 4.69) is 5.32 Å². The molecule has 0 unspecified atom stereocenters. The SMILES string of the molecule is CCC(CC)NC(=O)c1ccc(CN(C)S(=O)(=O)c2ccc(Cl)cc2)cc1. The molecular formula is C20H25ClN2O3S. The number of sulfonamides is 1. The molecule has 146 valence electrons. The van der Waals surface area contributed by atoms with Gasteiger partial charge in [0.1, 0.15) is 0 Å². The molecule has 0 aliphatic carbocycles. The second kappa shape index (κ2) is 9.35. The molecule has 0 fully saturated rings. The second-order valence-electron chi connectivity index (χ2n) is 6.40. The third kappa shape index (κ3) is 5.54. The Hall–Kier alpha value is -1.89. The fourth-order valence-corrected chi connectivity index (χ4v) is 3.94. The number of amides is 1. The van der Waals surface area contributed by atoms with Crippen molar-refractivity contribution in [2.45, 2.75) is 44.2 Å². The third-order valence-corrected chi connectivity index (χ3v) is 6.53. The van der Waals surface area contributed by atoms with Crippen molar-refractivity contribution >= 4 is 27.5 Å². The molecule has 2 aromatic carbocycles. The molecule has 0 atom stereocenters. The zero-order valence-electron chi connectivity index (χ0n) is 15.8. The van der Waals surface area contributed by atoms with Crippen LogP contribution in [0.3, 0.4) is 0 Å². The maximum absolute atomic E-state index is 12.6. The summed E-state index contributed by atoms with van der Waals surface area (Å²) in [7, 11) is -2.08. The van der Waals surface area contributed by atoms with Gasteiger partial charge in [-0.2, -0.15) is 4.31 Å². The normalized spacial score (nSPS) is 11.8. The molecular weight excluding hydrogens is 384 g/mol. The van der Waals surface area contributed by atoms with Crippen LogP contribution in [0.25, 0.3) is 0 Å². The van der Waals surface area contributed by atoms with E-state index in [9.17, 15) is 13.2 Å². The van der Waals surface area contributed by atoms with Crippen molar-refractivity contribution < 1.29 is 13.2 Å². The predicted molar refractivity (Wildman–Crippen MR) is 108 cm³/mol. The van der Waals surface area contributed by atoms with Gasteiger partial charge in [0.25, 0.3) is 5.91 Å². The number of halogens is 1. The summed E-state index contributed by atoms with van der Waals surface area (Å²) in [5.41, 5.74) is 1.36. The summed E-state index contributed by atoms with van der Waals surface area (Å²) in [5.74, 6) is -0.114. The first-order valence-electron chi connectivity index (χ1n) is 8.89. The molecule has 0 saturated carbocycles. The van der Waals surface area contributed by atoms with E-state index in [0.717, 1.165) is 18.4 Å². The Bertz CT molecular complexity index is 861. The quantitative estimate of drug-likeness (QED) is 0.715. The molecule has 5 nitrogen and oxygen atoms in total. The van der Waals surface area contributed by atoms with Gasteiger partial charge in [-0.15, -0.1) is 0 Å². The molecule has 7 heteroatoms. The van der Waals surface area contributed by atoms with E-state index in [1.165, 1.54) is 23.5 Å². The fraction of sp³-hybridized carbons (Fsp3) is 0.350. The molecule has 2 aromatic rings. The first-order valence-corrected chi connectivity index (χ1v) is 10.7. The van der Waals surface area contributed by atoms with Gasteiger partial charge in [0.15, 0.2) is 0 Å². The van der Waals surface area contributed by atoms with Crippen LogP contribution < -0.4 is 5.32 Å². The summed E-state index contributed by atoms with van der Waals surface area (Å²) >= 11 is 5.82. The van der Waals surface area contributed by atoms with Crippen LogP contribution >= 0.6 is 11.6 Å². The van der Waals surface area contributed by atoms with Crippen LogP contribution in [0.2, 0.25) is 5.02 Å². The van der Waals surface area contributed by atoms with Crippen molar-refractivity contribution in [2.24, 2.45) is 0 Å². The number of nitrogens with zero attached hydrogens (tertiary/aromatic N) is 1. The molecule has 0 spiro atoms. The minimum Gasteiger partial charge on any atom is -0.349 e. The lowest BCUT2D eigenvalue weighted by molar-refractivity contribution is 0.0935. The Morgan fingerprint density at radius 2 is 1.59 bits per heavy atom. The molecule has 0 aromatic heterocycles. The Kier molecular flexibility index (Phi) is 7.41. The Balaban J connectivity index is 2.07. The second-order valence-corrected chi connectivity index (χ2v) is 8.88. The van der Waals surface area contributed by atoms with Crippen LogP contribution in [-0.4, -0.2) is 31.7 Å². The first-order chi connectivity index (χ1) is 12.8. The van der Waals surface area contributed by atoms with E-state index in [1.807, 2.05) is 13.8 Å². The van der Waals surface area contributed by atoms with E-state index in [0.29, 0.717) is 10.6 Å². The minimum absolute atomic E-state index is 0.114. The average molecular weight is 409 g/mol. The summed E-state index contributed by atoms with van der Waals surface area (Å²) in [6.45, 7) is 4.28. The van der Waals surface area contributed by atoms with E-state index >= 15 is 0 Å². The number of hydrogen-bond donors (Lipinski definition) is 1. The third-order valence-electron chi connectivity index (χ3n) is 4.46. The van der Waals surface area contributed by atoms with Crippen molar-refractivity contribution in [1.29, 1.82) is 0 Å². The molecule has 0 bridgehead atoms. The number of carbonyl (C=O) groups excluding carboxylic acids is 1. The number of rotatable bonds is 8. The lowest BCUT2D eigenvalue weighted by Crippen LogP contribution is -2.33. The minimum atomic E-state index is -3.61. The van der Waals surface area contributed by atoms with Gasteiger partial charge in [-0.05, 0) is 54.8 Å². The largest absolute Gasteiger partial charge is 0.349 e. The number of hydrogen-bond acceptors (Lipinski definition) is 3. The molecule has 0 aliphatic rings. The molecule has 0 saturated heterocycles. The zero-order chi connectivity index (χ0) is 20.0. The van der Waals surface area contributed by atoms with Crippen molar-refractivity contribution in [3.8, 4) is 0 Å². The molecule has 1 N–H and O–H groups in total. The van der Waals surface area contributed by atoms with E-state index in [4.69, 9.17) is 11.6 Å². The monoisotopic (exact) mass is 408 g/mol. The summed E-state index contributed by atoms with van der Waals surface area (Å²) < 4.78 is 26.5. The molecule has 1 amide bonds. The number of nitrogens with one attached hydrogen (secondary N) is 1.